The van der Waals surface area contributed by atoms with E-state index < -0.39 is 38.8 Å². The maximum atomic E-state index is 13.4. The molecule has 4 aliphatic carbocycles. The molecule has 0 heterocycles. The molecule has 4 aliphatic rings. The summed E-state index contributed by atoms with van der Waals surface area (Å²) < 4.78 is 71.1. The molecular weight excluding hydrogens is 366 g/mol. The molecule has 8 nitrogen and oxygen atoms in total. The van der Waals surface area contributed by atoms with Crippen LogP contribution >= 0.6 is 0 Å². The van der Waals surface area contributed by atoms with Crippen molar-refractivity contribution in [3.8, 4) is 0 Å². The minimum atomic E-state index is -5.90. The van der Waals surface area contributed by atoms with Gasteiger partial charge in [0.05, 0.1) is 5.41 Å². The van der Waals surface area contributed by atoms with Crippen LogP contribution in [-0.2, 0) is 33.9 Å². The fourth-order valence-corrected chi connectivity index (χ4v) is 4.99. The number of methoxy groups -OCH3 is 1. The van der Waals surface area contributed by atoms with Crippen LogP contribution in [0.15, 0.2) is 0 Å². The van der Waals surface area contributed by atoms with E-state index in [4.69, 9.17) is 18.8 Å². The Morgan fingerprint density at radius 1 is 1.24 bits per heavy atom. The molecule has 11 heteroatoms. The van der Waals surface area contributed by atoms with E-state index in [-0.39, 0.29) is 24.5 Å². The van der Waals surface area contributed by atoms with Gasteiger partial charge >= 0.3 is 27.3 Å². The third-order valence-electron chi connectivity index (χ3n) is 5.58. The molecule has 142 valence electrons. The van der Waals surface area contributed by atoms with Gasteiger partial charge in [0.1, 0.15) is 6.10 Å². The van der Waals surface area contributed by atoms with Crippen LogP contribution in [0.2, 0.25) is 0 Å². The maximum Gasteiger partial charge on any atom is 0.465 e. The molecule has 4 rings (SSSR count). The van der Waals surface area contributed by atoms with E-state index in [1.165, 1.54) is 7.11 Å². The van der Waals surface area contributed by atoms with Crippen molar-refractivity contribution in [1.29, 1.82) is 0 Å². The highest BCUT2D eigenvalue weighted by Gasteiger charge is 2.66. The molecule has 4 saturated carbocycles. The Kier molecular flexibility index (Phi) is 4.32. The number of hydrogen-bond acceptors (Lipinski definition) is 7. The van der Waals surface area contributed by atoms with Gasteiger partial charge in [0.15, 0.2) is 6.79 Å². The maximum absolute atomic E-state index is 13.4. The summed E-state index contributed by atoms with van der Waals surface area (Å²) >= 11 is 0. The van der Waals surface area contributed by atoms with Crippen molar-refractivity contribution in [2.24, 2.45) is 23.2 Å². The van der Waals surface area contributed by atoms with Gasteiger partial charge in [-0.25, -0.2) is 4.79 Å². The summed E-state index contributed by atoms with van der Waals surface area (Å²) in [6, 6.07) is 0. The van der Waals surface area contributed by atoms with E-state index in [1.807, 2.05) is 0 Å². The highest BCUT2D eigenvalue weighted by molar-refractivity contribution is 7.87. The van der Waals surface area contributed by atoms with Crippen LogP contribution in [0, 0.1) is 23.2 Å². The molecule has 0 aromatic rings. The van der Waals surface area contributed by atoms with Crippen molar-refractivity contribution in [3.63, 3.8) is 0 Å². The van der Waals surface area contributed by atoms with Gasteiger partial charge in [0, 0.05) is 13.0 Å². The van der Waals surface area contributed by atoms with E-state index in [9.17, 15) is 26.8 Å². The zero-order chi connectivity index (χ0) is 18.6. The molecule has 5 atom stereocenters. The molecule has 0 aliphatic heterocycles. The Labute approximate surface area is 142 Å². The van der Waals surface area contributed by atoms with E-state index in [2.05, 4.69) is 0 Å². The van der Waals surface area contributed by atoms with Crippen molar-refractivity contribution < 1.29 is 45.6 Å². The molecular formula is C14H18F2O8S. The summed E-state index contributed by atoms with van der Waals surface area (Å²) in [6.07, 6.45) is 0.874. The molecule has 1 N–H and O–H groups in total. The Morgan fingerprint density at radius 3 is 2.44 bits per heavy atom. The second kappa shape index (κ2) is 5.85. The molecule has 4 fully saturated rings. The SMILES string of the molecule is COCOC(=O)C12CC3CC(C1)C(OC(=O)C(F)(F)S(=O)(=O)O)C3C2. The van der Waals surface area contributed by atoms with Crippen molar-refractivity contribution in [1.82, 2.24) is 0 Å². The first-order valence-corrected chi connectivity index (χ1v) is 9.18. The third-order valence-corrected chi connectivity index (χ3v) is 6.39. The third kappa shape index (κ3) is 2.81. The van der Waals surface area contributed by atoms with Gasteiger partial charge in [-0.05, 0) is 37.5 Å². The number of halogens is 2. The molecule has 4 bridgehead atoms. The van der Waals surface area contributed by atoms with Crippen LogP contribution in [-0.4, -0.2) is 50.2 Å². The van der Waals surface area contributed by atoms with Crippen LogP contribution in [0.1, 0.15) is 25.7 Å². The molecule has 0 saturated heterocycles. The van der Waals surface area contributed by atoms with Crippen molar-refractivity contribution in [2.45, 2.75) is 37.0 Å². The Morgan fingerprint density at radius 2 is 1.88 bits per heavy atom. The zero-order valence-electron chi connectivity index (χ0n) is 13.3. The fourth-order valence-electron chi connectivity index (χ4n) is 4.73. The van der Waals surface area contributed by atoms with Gasteiger partial charge < -0.3 is 14.2 Å². The summed E-state index contributed by atoms with van der Waals surface area (Å²) in [5.74, 6) is -3.32. The summed E-state index contributed by atoms with van der Waals surface area (Å²) in [7, 11) is -4.52. The highest BCUT2D eigenvalue weighted by Crippen LogP contribution is 2.65. The summed E-state index contributed by atoms with van der Waals surface area (Å²) in [4.78, 5) is 23.8. The first-order valence-electron chi connectivity index (χ1n) is 7.74. The van der Waals surface area contributed by atoms with E-state index in [0.717, 1.165) is 0 Å². The van der Waals surface area contributed by atoms with E-state index >= 15 is 0 Å². The molecule has 0 spiro atoms. The lowest BCUT2D eigenvalue weighted by Gasteiger charge is -2.39. The molecule has 5 unspecified atom stereocenters. The predicted octanol–water partition coefficient (Wildman–Crippen LogP) is 0.962. The molecule has 0 aromatic heterocycles. The normalized spacial score (nSPS) is 36.5. The highest BCUT2D eigenvalue weighted by atomic mass is 32.2. The average Bonchev–Trinajstić information content (AvgIpc) is 2.91. The second-order valence-corrected chi connectivity index (χ2v) is 8.48. The lowest BCUT2D eigenvalue weighted by Crippen LogP contribution is -2.46. The van der Waals surface area contributed by atoms with Gasteiger partial charge in [0.2, 0.25) is 0 Å². The predicted molar refractivity (Wildman–Crippen MR) is 75.7 cm³/mol. The summed E-state index contributed by atoms with van der Waals surface area (Å²) in [6.45, 7) is -0.181. The standard InChI is InChI=1S/C14H18F2O8S/c1-22-6-23-11(17)13-3-7-2-8(4-13)10(9(7)5-13)24-12(18)14(15,16)25(19,20)21/h7-10H,2-6H2,1H3,(H,19,20,21). The van der Waals surface area contributed by atoms with E-state index in [1.54, 1.807) is 0 Å². The quantitative estimate of drug-likeness (QED) is 0.409. The minimum Gasteiger partial charge on any atom is -0.456 e. The van der Waals surface area contributed by atoms with Crippen LogP contribution in [0.3, 0.4) is 0 Å². The van der Waals surface area contributed by atoms with Gasteiger partial charge in [-0.1, -0.05) is 0 Å². The topological polar surface area (TPSA) is 116 Å². The second-order valence-electron chi connectivity index (χ2n) is 7.01. The number of hydrogen-bond donors (Lipinski definition) is 1. The average molecular weight is 384 g/mol. The number of carbonyl (C=O) groups is 2. The van der Waals surface area contributed by atoms with E-state index in [0.29, 0.717) is 25.7 Å². The van der Waals surface area contributed by atoms with Gasteiger partial charge in [-0.2, -0.15) is 17.2 Å². The van der Waals surface area contributed by atoms with Crippen LogP contribution in [0.5, 0.6) is 0 Å². The Hall–Kier alpha value is -1.33. The van der Waals surface area contributed by atoms with Crippen LogP contribution in [0.25, 0.3) is 0 Å². The Balaban J connectivity index is 1.71. The lowest BCUT2D eigenvalue weighted by molar-refractivity contribution is -0.179. The van der Waals surface area contributed by atoms with Gasteiger partial charge in [-0.3, -0.25) is 9.35 Å². The summed E-state index contributed by atoms with van der Waals surface area (Å²) in [5.41, 5.74) is -0.731. The fraction of sp³-hybridized carbons (Fsp3) is 0.857. The molecule has 0 amide bonds. The first-order chi connectivity index (χ1) is 11.5. The van der Waals surface area contributed by atoms with Gasteiger partial charge in [0.25, 0.3) is 0 Å². The molecule has 0 aromatic carbocycles. The van der Waals surface area contributed by atoms with Crippen molar-refractivity contribution in [2.75, 3.05) is 13.9 Å². The smallest absolute Gasteiger partial charge is 0.456 e. The number of carbonyl (C=O) groups excluding carboxylic acids is 2. The summed E-state index contributed by atoms with van der Waals surface area (Å²) in [5, 5.41) is -5.01. The Bertz CT molecular complexity index is 689. The van der Waals surface area contributed by atoms with Crippen LogP contribution in [0.4, 0.5) is 8.78 Å². The van der Waals surface area contributed by atoms with Crippen molar-refractivity contribution in [3.05, 3.63) is 0 Å². The molecule has 0 radical (unpaired) electrons. The number of ether oxygens (including phenoxy) is 3. The minimum absolute atomic E-state index is 0.0194. The number of alkyl halides is 2. The van der Waals surface area contributed by atoms with Crippen LogP contribution < -0.4 is 0 Å². The van der Waals surface area contributed by atoms with Gasteiger partial charge in [-0.15, -0.1) is 0 Å². The lowest BCUT2D eigenvalue weighted by atomic mass is 9.68. The monoisotopic (exact) mass is 384 g/mol. The number of esters is 2. The largest absolute Gasteiger partial charge is 0.465 e. The zero-order valence-corrected chi connectivity index (χ0v) is 14.1. The first kappa shape index (κ1) is 18.5. The number of rotatable bonds is 6. The molecule has 25 heavy (non-hydrogen) atoms. The van der Waals surface area contributed by atoms with Crippen molar-refractivity contribution >= 4 is 22.1 Å².